The molecule has 3 unspecified atom stereocenters. The van der Waals surface area contributed by atoms with Gasteiger partial charge in [-0.2, -0.15) is 13.2 Å². The molecule has 3 atom stereocenters. The van der Waals surface area contributed by atoms with Gasteiger partial charge in [-0.1, -0.05) is 0 Å². The van der Waals surface area contributed by atoms with Crippen LogP contribution >= 0.6 is 0 Å². The highest BCUT2D eigenvalue weighted by Gasteiger charge is 2.59. The molecule has 2 N–H and O–H groups in total. The van der Waals surface area contributed by atoms with Crippen LogP contribution in [-0.2, 0) is 9.53 Å². The van der Waals surface area contributed by atoms with Crippen molar-refractivity contribution in [1.29, 1.82) is 0 Å². The Morgan fingerprint density at radius 2 is 1.75 bits per heavy atom. The van der Waals surface area contributed by atoms with E-state index >= 15 is 0 Å². The van der Waals surface area contributed by atoms with Crippen LogP contribution in [0.2, 0.25) is 0 Å². The monoisotopic (exact) mass is 296 g/mol. The molecular formula is C11H15F3N2O4. The molecule has 0 aromatic heterocycles. The van der Waals surface area contributed by atoms with Crippen molar-refractivity contribution in [2.75, 3.05) is 13.1 Å². The molecular weight excluding hydrogens is 281 g/mol. The minimum absolute atomic E-state index is 0.176. The number of urea groups is 1. The molecule has 2 bridgehead atoms. The summed E-state index contributed by atoms with van der Waals surface area (Å²) in [7, 11) is 0. The highest BCUT2D eigenvalue weighted by molar-refractivity contribution is 5.86. The summed E-state index contributed by atoms with van der Waals surface area (Å²) < 4.78 is 43.9. The molecule has 0 saturated carbocycles. The van der Waals surface area contributed by atoms with Gasteiger partial charge in [-0.25, -0.2) is 9.59 Å². The normalized spacial score (nSPS) is 28.9. The van der Waals surface area contributed by atoms with Crippen molar-refractivity contribution in [3.8, 4) is 0 Å². The highest BCUT2D eigenvalue weighted by atomic mass is 19.4. The first-order chi connectivity index (χ1) is 9.13. The number of fused-ring (bicyclic) bond motifs is 2. The predicted octanol–water partition coefficient (Wildman–Crippen LogP) is 0.965. The minimum Gasteiger partial charge on any atom is -0.479 e. The largest absolute Gasteiger partial charge is 0.479 e. The lowest BCUT2D eigenvalue weighted by Gasteiger charge is -2.35. The van der Waals surface area contributed by atoms with E-state index in [4.69, 9.17) is 9.84 Å². The third-order valence-electron chi connectivity index (χ3n) is 3.68. The first kappa shape index (κ1) is 14.9. The van der Waals surface area contributed by atoms with Crippen LogP contribution in [0.1, 0.15) is 19.8 Å². The van der Waals surface area contributed by atoms with E-state index in [1.165, 1.54) is 4.90 Å². The van der Waals surface area contributed by atoms with Crippen LogP contribution in [0.25, 0.3) is 0 Å². The third-order valence-corrected chi connectivity index (χ3v) is 3.68. The van der Waals surface area contributed by atoms with Gasteiger partial charge >= 0.3 is 18.2 Å². The Labute approximate surface area is 112 Å². The summed E-state index contributed by atoms with van der Waals surface area (Å²) in [5.41, 5.74) is -3.30. The Morgan fingerprint density at radius 3 is 2.15 bits per heavy atom. The van der Waals surface area contributed by atoms with E-state index in [0.29, 0.717) is 6.92 Å². The smallest absolute Gasteiger partial charge is 0.422 e. The number of likely N-dealkylation sites (tertiary alicyclic amines) is 1. The summed E-state index contributed by atoms with van der Waals surface area (Å²) in [5, 5.41) is 10.3. The molecule has 2 amide bonds. The van der Waals surface area contributed by atoms with Gasteiger partial charge in [0.1, 0.15) is 0 Å². The maximum absolute atomic E-state index is 12.8. The molecule has 2 fully saturated rings. The zero-order valence-corrected chi connectivity index (χ0v) is 10.7. The number of nitrogens with zero attached hydrogens (tertiary/aromatic N) is 1. The van der Waals surface area contributed by atoms with Crippen molar-refractivity contribution >= 4 is 12.0 Å². The second kappa shape index (κ2) is 4.80. The molecule has 0 aliphatic carbocycles. The molecule has 9 heteroatoms. The lowest BCUT2D eigenvalue weighted by Crippen LogP contribution is -2.65. The number of amides is 2. The topological polar surface area (TPSA) is 78.9 Å². The number of carboxylic acid groups (broad SMARTS) is 1. The molecule has 0 aromatic rings. The fourth-order valence-electron chi connectivity index (χ4n) is 2.32. The third kappa shape index (κ3) is 2.54. The molecule has 2 saturated heterocycles. The van der Waals surface area contributed by atoms with Crippen molar-refractivity contribution in [2.24, 2.45) is 0 Å². The van der Waals surface area contributed by atoms with Crippen molar-refractivity contribution in [1.82, 2.24) is 10.2 Å². The Hall–Kier alpha value is -1.51. The van der Waals surface area contributed by atoms with Gasteiger partial charge in [-0.05, 0) is 19.8 Å². The molecule has 114 valence electrons. The van der Waals surface area contributed by atoms with Gasteiger partial charge in [0.05, 0.1) is 12.2 Å². The molecule has 20 heavy (non-hydrogen) atoms. The number of aliphatic carboxylic acids is 1. The standard InChI is InChI=1S/C11H15F3N2O4/c1-10(8(17)18,11(12,13)14)15-9(19)16-4-6-2-3-7(5-16)20-6/h6-7H,2-5H2,1H3,(H,15,19)(H,17,18). The average Bonchev–Trinajstić information content (AvgIpc) is 2.66. The number of hydrogen-bond donors (Lipinski definition) is 2. The maximum Gasteiger partial charge on any atom is 0.422 e. The van der Waals surface area contributed by atoms with E-state index in [1.807, 2.05) is 0 Å². The second-order valence-electron chi connectivity index (χ2n) is 5.22. The molecule has 2 aliphatic heterocycles. The lowest BCUT2D eigenvalue weighted by atomic mass is 10.0. The summed E-state index contributed by atoms with van der Waals surface area (Å²) in [5.74, 6) is -2.14. The zero-order chi connectivity index (χ0) is 15.1. The molecule has 0 radical (unpaired) electrons. The van der Waals surface area contributed by atoms with E-state index in [0.717, 1.165) is 12.8 Å². The van der Waals surface area contributed by atoms with Crippen LogP contribution in [0.15, 0.2) is 0 Å². The van der Waals surface area contributed by atoms with Crippen LogP contribution in [0.4, 0.5) is 18.0 Å². The van der Waals surface area contributed by atoms with E-state index in [-0.39, 0.29) is 25.3 Å². The predicted molar refractivity (Wildman–Crippen MR) is 60.1 cm³/mol. The van der Waals surface area contributed by atoms with Crippen molar-refractivity contribution in [2.45, 2.75) is 43.7 Å². The molecule has 2 rings (SSSR count). The molecule has 0 aromatic carbocycles. The number of carbonyl (C=O) groups is 2. The van der Waals surface area contributed by atoms with Gasteiger partial charge in [0.25, 0.3) is 0 Å². The number of carboxylic acids is 1. The Bertz CT molecular complexity index is 416. The van der Waals surface area contributed by atoms with Crippen LogP contribution in [0.5, 0.6) is 0 Å². The Morgan fingerprint density at radius 1 is 1.25 bits per heavy atom. The van der Waals surface area contributed by atoms with Crippen molar-refractivity contribution < 1.29 is 32.6 Å². The Kier molecular flexibility index (Phi) is 3.57. The minimum atomic E-state index is -5.08. The van der Waals surface area contributed by atoms with Crippen LogP contribution < -0.4 is 5.32 Å². The van der Waals surface area contributed by atoms with Gasteiger partial charge in [0.2, 0.25) is 5.54 Å². The first-order valence-corrected chi connectivity index (χ1v) is 6.16. The quantitative estimate of drug-likeness (QED) is 0.795. The number of carbonyl (C=O) groups excluding carboxylic acids is 1. The van der Waals surface area contributed by atoms with Crippen LogP contribution in [-0.4, -0.2) is 59.0 Å². The number of rotatable bonds is 2. The molecule has 2 heterocycles. The number of alkyl halides is 3. The molecule has 0 spiro atoms. The van der Waals surface area contributed by atoms with Crippen LogP contribution in [0.3, 0.4) is 0 Å². The highest BCUT2D eigenvalue weighted by Crippen LogP contribution is 2.31. The van der Waals surface area contributed by atoms with Gasteiger partial charge in [0, 0.05) is 13.1 Å². The van der Waals surface area contributed by atoms with Gasteiger partial charge in [-0.3, -0.25) is 0 Å². The maximum atomic E-state index is 12.8. The van der Waals surface area contributed by atoms with E-state index in [2.05, 4.69) is 0 Å². The fraction of sp³-hybridized carbons (Fsp3) is 0.818. The van der Waals surface area contributed by atoms with E-state index < -0.39 is 23.7 Å². The van der Waals surface area contributed by atoms with Crippen molar-refractivity contribution in [3.63, 3.8) is 0 Å². The van der Waals surface area contributed by atoms with Crippen LogP contribution in [0, 0.1) is 0 Å². The lowest BCUT2D eigenvalue weighted by molar-refractivity contribution is -0.203. The summed E-state index contributed by atoms with van der Waals surface area (Å²) in [6.45, 7) is 0.786. The SMILES string of the molecule is CC(NC(=O)N1CC2CCC(C1)O2)(C(=O)O)C(F)(F)F. The van der Waals surface area contributed by atoms with E-state index in [1.54, 1.807) is 5.32 Å². The number of morpholine rings is 1. The van der Waals surface area contributed by atoms with Gasteiger partial charge in [0.15, 0.2) is 0 Å². The van der Waals surface area contributed by atoms with Gasteiger partial charge < -0.3 is 20.1 Å². The zero-order valence-electron chi connectivity index (χ0n) is 10.7. The average molecular weight is 296 g/mol. The second-order valence-corrected chi connectivity index (χ2v) is 5.22. The number of hydrogen-bond acceptors (Lipinski definition) is 3. The number of halogens is 3. The number of ether oxygens (including phenoxy) is 1. The summed E-state index contributed by atoms with van der Waals surface area (Å²) in [4.78, 5) is 23.9. The first-order valence-electron chi connectivity index (χ1n) is 6.16. The summed E-state index contributed by atoms with van der Waals surface area (Å²) >= 11 is 0. The molecule has 2 aliphatic rings. The summed E-state index contributed by atoms with van der Waals surface area (Å²) in [6, 6.07) is -1.03. The Balaban J connectivity index is 2.08. The van der Waals surface area contributed by atoms with E-state index in [9.17, 15) is 22.8 Å². The fourth-order valence-corrected chi connectivity index (χ4v) is 2.32. The number of nitrogens with one attached hydrogen (secondary N) is 1. The molecule has 6 nitrogen and oxygen atoms in total. The van der Waals surface area contributed by atoms with Gasteiger partial charge in [-0.15, -0.1) is 0 Å². The summed E-state index contributed by atoms with van der Waals surface area (Å²) in [6.07, 6.45) is -3.93. The van der Waals surface area contributed by atoms with Crippen molar-refractivity contribution in [3.05, 3.63) is 0 Å².